The standard InChI is InChI=1S/C27H28N8O7/c28-20(37)21-33-25-32-16(22(38)29-11-14-1-2-18-15(9-14)31-19(36)12-42-18)10-17(35(25)34-21)23(39)30-13-26-3-6-27(7-4-26,8-5-26)24(40)41/h1-2,9-10H,3-8,11-13H2,(H2,28,37)(H,29,38)(H,30,39)(H,31,36)(H,40,41). The van der Waals surface area contributed by atoms with Gasteiger partial charge in [0.05, 0.1) is 11.1 Å². The second kappa shape index (κ2) is 10.1. The quantitative estimate of drug-likeness (QED) is 0.252. The summed E-state index contributed by atoms with van der Waals surface area (Å²) in [4.78, 5) is 69.8. The second-order valence-electron chi connectivity index (χ2n) is 11.2. The van der Waals surface area contributed by atoms with E-state index in [1.54, 1.807) is 18.2 Å². The number of nitrogens with zero attached hydrogens (tertiary/aromatic N) is 4. The summed E-state index contributed by atoms with van der Waals surface area (Å²) >= 11 is 0. The lowest BCUT2D eigenvalue weighted by atomic mass is 9.53. The molecule has 15 nitrogen and oxygen atoms in total. The summed E-state index contributed by atoms with van der Waals surface area (Å²) in [5, 5.41) is 22.0. The molecule has 0 saturated heterocycles. The third-order valence-corrected chi connectivity index (χ3v) is 8.61. The van der Waals surface area contributed by atoms with Gasteiger partial charge in [0.1, 0.15) is 17.1 Å². The van der Waals surface area contributed by atoms with E-state index >= 15 is 0 Å². The molecule has 0 spiro atoms. The van der Waals surface area contributed by atoms with E-state index in [4.69, 9.17) is 10.5 Å². The molecule has 0 radical (unpaired) electrons. The number of benzene rings is 1. The number of aliphatic carboxylic acids is 1. The van der Waals surface area contributed by atoms with Crippen LogP contribution in [0, 0.1) is 10.8 Å². The Kier molecular flexibility index (Phi) is 6.51. The van der Waals surface area contributed by atoms with Crippen molar-refractivity contribution in [2.45, 2.75) is 45.1 Å². The number of nitrogens with one attached hydrogen (secondary N) is 3. The minimum Gasteiger partial charge on any atom is -0.482 e. The van der Waals surface area contributed by atoms with Crippen LogP contribution in [0.25, 0.3) is 5.78 Å². The fraction of sp³-hybridized carbons (Fsp3) is 0.407. The summed E-state index contributed by atoms with van der Waals surface area (Å²) in [6.07, 6.45) is 3.76. The summed E-state index contributed by atoms with van der Waals surface area (Å²) in [5.74, 6) is -3.14. The molecule has 4 aliphatic rings. The lowest BCUT2D eigenvalue weighted by Crippen LogP contribution is -2.50. The Labute approximate surface area is 238 Å². The third kappa shape index (κ3) is 4.86. The molecule has 4 amide bonds. The zero-order valence-corrected chi connectivity index (χ0v) is 22.4. The van der Waals surface area contributed by atoms with Crippen molar-refractivity contribution in [2.75, 3.05) is 18.5 Å². The van der Waals surface area contributed by atoms with Gasteiger partial charge in [0, 0.05) is 19.2 Å². The second-order valence-corrected chi connectivity index (χ2v) is 11.2. The van der Waals surface area contributed by atoms with Crippen LogP contribution in [0.5, 0.6) is 5.75 Å². The first-order chi connectivity index (χ1) is 20.1. The van der Waals surface area contributed by atoms with E-state index in [2.05, 4.69) is 31.0 Å². The molecule has 2 bridgehead atoms. The SMILES string of the molecule is NC(=O)c1nc2nc(C(=O)NCc3ccc4c(c3)NC(=O)CO4)cc(C(=O)NCC34CCC(C(=O)O)(CC3)CC4)n2n1. The number of aromatic nitrogens is 4. The fourth-order valence-corrected chi connectivity index (χ4v) is 5.97. The lowest BCUT2D eigenvalue weighted by molar-refractivity contribution is -0.158. The van der Waals surface area contributed by atoms with Crippen molar-refractivity contribution < 1.29 is 33.8 Å². The number of carboxylic acid groups (broad SMARTS) is 1. The largest absolute Gasteiger partial charge is 0.482 e. The number of carbonyl (C=O) groups is 5. The van der Waals surface area contributed by atoms with Gasteiger partial charge in [-0.2, -0.15) is 9.50 Å². The zero-order valence-electron chi connectivity index (χ0n) is 22.4. The van der Waals surface area contributed by atoms with Gasteiger partial charge in [-0.15, -0.1) is 5.10 Å². The van der Waals surface area contributed by atoms with Gasteiger partial charge in [0.2, 0.25) is 5.82 Å². The molecule has 3 saturated carbocycles. The van der Waals surface area contributed by atoms with Crippen molar-refractivity contribution in [1.82, 2.24) is 30.2 Å². The number of anilines is 1. The Bertz CT molecular complexity index is 1640. The molecule has 1 aliphatic heterocycles. The predicted molar refractivity (Wildman–Crippen MR) is 144 cm³/mol. The number of nitrogens with two attached hydrogens (primary N) is 1. The summed E-state index contributed by atoms with van der Waals surface area (Å²) < 4.78 is 6.41. The molecule has 3 fully saturated rings. The Balaban J connectivity index is 1.20. The highest BCUT2D eigenvalue weighted by molar-refractivity contribution is 5.99. The summed E-state index contributed by atoms with van der Waals surface area (Å²) in [7, 11) is 0. The van der Waals surface area contributed by atoms with E-state index in [0.29, 0.717) is 62.1 Å². The van der Waals surface area contributed by atoms with Crippen LogP contribution in [0.15, 0.2) is 24.3 Å². The van der Waals surface area contributed by atoms with Crippen LogP contribution in [0.2, 0.25) is 0 Å². The van der Waals surface area contributed by atoms with Gasteiger partial charge in [-0.1, -0.05) is 6.07 Å². The van der Waals surface area contributed by atoms with Crippen molar-refractivity contribution in [1.29, 1.82) is 0 Å². The molecule has 0 atom stereocenters. The highest BCUT2D eigenvalue weighted by Gasteiger charge is 2.52. The zero-order chi connectivity index (χ0) is 29.6. The van der Waals surface area contributed by atoms with Gasteiger partial charge in [-0.05, 0) is 61.6 Å². The first-order valence-corrected chi connectivity index (χ1v) is 13.5. The number of carboxylic acids is 1. The van der Waals surface area contributed by atoms with Gasteiger partial charge in [0.25, 0.3) is 29.4 Å². The van der Waals surface area contributed by atoms with Crippen LogP contribution in [0.3, 0.4) is 0 Å². The predicted octanol–water partition coefficient (Wildman–Crippen LogP) is 0.639. The Morgan fingerprint density at radius 2 is 1.76 bits per heavy atom. The lowest BCUT2D eigenvalue weighted by Gasteiger charge is -2.51. The van der Waals surface area contributed by atoms with Crippen molar-refractivity contribution in [2.24, 2.45) is 16.6 Å². The number of rotatable bonds is 8. The average molecular weight is 577 g/mol. The molecule has 218 valence electrons. The highest BCUT2D eigenvalue weighted by atomic mass is 16.5. The van der Waals surface area contributed by atoms with Crippen LogP contribution in [0.4, 0.5) is 5.69 Å². The summed E-state index contributed by atoms with van der Waals surface area (Å²) in [6.45, 7) is 0.332. The van der Waals surface area contributed by atoms with Crippen molar-refractivity contribution in [3.05, 3.63) is 47.0 Å². The number of carbonyl (C=O) groups excluding carboxylic acids is 4. The number of fused-ring (bicyclic) bond motifs is 5. The van der Waals surface area contributed by atoms with Crippen molar-refractivity contribution >= 4 is 41.1 Å². The molecule has 2 aromatic heterocycles. The van der Waals surface area contributed by atoms with Gasteiger partial charge >= 0.3 is 5.97 Å². The fourth-order valence-electron chi connectivity index (χ4n) is 5.97. The van der Waals surface area contributed by atoms with Gasteiger partial charge in [-0.3, -0.25) is 24.0 Å². The molecular weight excluding hydrogens is 548 g/mol. The molecule has 15 heteroatoms. The number of hydrogen-bond donors (Lipinski definition) is 5. The molecule has 3 aromatic rings. The Morgan fingerprint density at radius 1 is 1.02 bits per heavy atom. The topological polar surface area (TPSA) is 220 Å². The van der Waals surface area contributed by atoms with E-state index < -0.39 is 29.1 Å². The van der Waals surface area contributed by atoms with Crippen LogP contribution < -0.4 is 26.4 Å². The highest BCUT2D eigenvalue weighted by Crippen LogP contribution is 2.56. The Hall–Kier alpha value is -5.08. The third-order valence-electron chi connectivity index (χ3n) is 8.61. The number of ether oxygens (including phenoxy) is 1. The van der Waals surface area contributed by atoms with Crippen LogP contribution in [0.1, 0.15) is 75.7 Å². The van der Waals surface area contributed by atoms with Crippen LogP contribution in [-0.4, -0.2) is 67.4 Å². The van der Waals surface area contributed by atoms with E-state index in [-0.39, 0.29) is 47.5 Å². The minimum atomic E-state index is -0.924. The van der Waals surface area contributed by atoms with Gasteiger partial charge < -0.3 is 31.5 Å². The summed E-state index contributed by atoms with van der Waals surface area (Å²) in [6, 6.07) is 6.35. The molecule has 42 heavy (non-hydrogen) atoms. The first kappa shape index (κ1) is 27.1. The molecular formula is C27H28N8O7. The normalized spacial score (nSPS) is 22.5. The molecule has 1 aromatic carbocycles. The molecule has 0 unspecified atom stereocenters. The monoisotopic (exact) mass is 576 g/mol. The maximum Gasteiger partial charge on any atom is 0.309 e. The maximum absolute atomic E-state index is 13.4. The number of primary amides is 1. The maximum atomic E-state index is 13.4. The van der Waals surface area contributed by atoms with Gasteiger partial charge in [0.15, 0.2) is 6.61 Å². The van der Waals surface area contributed by atoms with Crippen molar-refractivity contribution in [3.63, 3.8) is 0 Å². The van der Waals surface area contributed by atoms with Crippen LogP contribution >= 0.6 is 0 Å². The van der Waals surface area contributed by atoms with E-state index in [0.717, 1.165) is 4.52 Å². The molecule has 6 N–H and O–H groups in total. The smallest absolute Gasteiger partial charge is 0.309 e. The van der Waals surface area contributed by atoms with Crippen LogP contribution in [-0.2, 0) is 16.1 Å². The number of amides is 4. The van der Waals surface area contributed by atoms with Crippen molar-refractivity contribution in [3.8, 4) is 5.75 Å². The van der Waals surface area contributed by atoms with Gasteiger partial charge in [-0.25, -0.2) is 4.98 Å². The minimum absolute atomic E-state index is 0.0679. The molecule has 3 heterocycles. The molecule has 3 aliphatic carbocycles. The van der Waals surface area contributed by atoms with E-state index in [1.807, 2.05) is 0 Å². The number of hydrogen-bond acceptors (Lipinski definition) is 9. The first-order valence-electron chi connectivity index (χ1n) is 13.5. The molecule has 7 rings (SSSR count). The average Bonchev–Trinajstić information content (AvgIpc) is 3.44. The summed E-state index contributed by atoms with van der Waals surface area (Å²) in [5.41, 5.74) is 5.42. The Morgan fingerprint density at radius 3 is 2.45 bits per heavy atom. The van der Waals surface area contributed by atoms with E-state index in [1.165, 1.54) is 6.07 Å². The van der Waals surface area contributed by atoms with E-state index in [9.17, 15) is 29.1 Å².